The molecule has 1 aliphatic heterocycles. The highest BCUT2D eigenvalue weighted by molar-refractivity contribution is 6.19. The van der Waals surface area contributed by atoms with E-state index in [0.29, 0.717) is 0 Å². The minimum absolute atomic E-state index is 0.149. The smallest absolute Gasteiger partial charge is 0.131 e. The highest BCUT2D eigenvalue weighted by atomic mass is 15.3. The lowest BCUT2D eigenvalue weighted by molar-refractivity contribution is 0.411. The van der Waals surface area contributed by atoms with E-state index in [0.717, 1.165) is 28.2 Å². The second-order valence-corrected chi connectivity index (χ2v) is 14.4. The molecular weight excluding hydrogens is 669 g/mol. The van der Waals surface area contributed by atoms with Crippen molar-refractivity contribution in [3.8, 4) is 16.8 Å². The lowest BCUT2D eigenvalue weighted by Gasteiger charge is -2.34. The number of nitrogens with one attached hydrogen (secondary N) is 2. The van der Waals surface area contributed by atoms with Gasteiger partial charge in [0.25, 0.3) is 0 Å². The molecule has 4 heteroatoms. The Labute approximate surface area is 319 Å². The molecule has 55 heavy (non-hydrogen) atoms. The van der Waals surface area contributed by atoms with Gasteiger partial charge >= 0.3 is 0 Å². The van der Waals surface area contributed by atoms with Crippen molar-refractivity contribution in [3.63, 3.8) is 0 Å². The highest BCUT2D eigenvalue weighted by Gasteiger charge is 2.30. The zero-order valence-corrected chi connectivity index (χ0v) is 30.0. The predicted molar refractivity (Wildman–Crippen MR) is 230 cm³/mol. The average molecular weight is 705 g/mol. The van der Waals surface area contributed by atoms with E-state index < -0.39 is 0 Å². The molecule has 2 atom stereocenters. The molecule has 2 N–H and O–H groups in total. The Kier molecular flexibility index (Phi) is 7.35. The SMILES string of the molecule is c1ccc(C2=NC(c3c(-c4ccc(-n5c6ccccc6c6ccc7ccccc7c65)cc4)c4ccccc4c4ccccc34)NC(c3ccccc3)N2)cc1. The van der Waals surface area contributed by atoms with Gasteiger partial charge in [0.2, 0.25) is 0 Å². The Morgan fingerprint density at radius 2 is 1.04 bits per heavy atom. The first-order valence-corrected chi connectivity index (χ1v) is 19.0. The first-order chi connectivity index (χ1) is 27.3. The van der Waals surface area contributed by atoms with Crippen LogP contribution in [0.4, 0.5) is 0 Å². The van der Waals surface area contributed by atoms with E-state index in [9.17, 15) is 0 Å². The van der Waals surface area contributed by atoms with Gasteiger partial charge in [-0.2, -0.15) is 0 Å². The predicted octanol–water partition coefficient (Wildman–Crippen LogP) is 12.2. The molecule has 0 saturated carbocycles. The summed E-state index contributed by atoms with van der Waals surface area (Å²) in [6.45, 7) is 0. The molecule has 0 radical (unpaired) electrons. The quantitative estimate of drug-likeness (QED) is 0.175. The number of fused-ring (bicyclic) bond motifs is 8. The first kappa shape index (κ1) is 31.5. The van der Waals surface area contributed by atoms with Gasteiger partial charge in [-0.15, -0.1) is 0 Å². The third kappa shape index (κ3) is 5.14. The van der Waals surface area contributed by atoms with E-state index in [1.165, 1.54) is 65.3 Å². The van der Waals surface area contributed by atoms with Crippen molar-refractivity contribution in [1.29, 1.82) is 0 Å². The number of para-hydroxylation sites is 1. The van der Waals surface area contributed by atoms with E-state index in [-0.39, 0.29) is 12.3 Å². The molecule has 0 saturated heterocycles. The summed E-state index contributed by atoms with van der Waals surface area (Å²) >= 11 is 0. The zero-order valence-electron chi connectivity index (χ0n) is 30.0. The van der Waals surface area contributed by atoms with Crippen LogP contribution in [0.25, 0.3) is 70.9 Å². The van der Waals surface area contributed by atoms with Crippen molar-refractivity contribution in [2.45, 2.75) is 12.3 Å². The summed E-state index contributed by atoms with van der Waals surface area (Å²) in [5, 5.41) is 17.5. The second kappa shape index (κ2) is 12.8. The third-order valence-electron chi connectivity index (χ3n) is 11.3. The third-order valence-corrected chi connectivity index (χ3v) is 11.3. The van der Waals surface area contributed by atoms with Crippen LogP contribution in [0.1, 0.15) is 29.0 Å². The lowest BCUT2D eigenvalue weighted by atomic mass is 9.86. The fourth-order valence-electron chi connectivity index (χ4n) is 8.81. The molecule has 0 bridgehead atoms. The van der Waals surface area contributed by atoms with Crippen LogP contribution in [0, 0.1) is 0 Å². The van der Waals surface area contributed by atoms with Gasteiger partial charge in [-0.1, -0.05) is 176 Å². The van der Waals surface area contributed by atoms with Crippen molar-refractivity contribution in [2.24, 2.45) is 4.99 Å². The Bertz CT molecular complexity index is 3090. The zero-order chi connectivity index (χ0) is 36.3. The fraction of sp³-hybridized carbons (Fsp3) is 0.0392. The molecule has 2 heterocycles. The van der Waals surface area contributed by atoms with Crippen LogP contribution in [-0.4, -0.2) is 10.4 Å². The van der Waals surface area contributed by atoms with Gasteiger partial charge in [-0.3, -0.25) is 5.32 Å². The molecule has 0 amide bonds. The molecule has 0 aliphatic carbocycles. The monoisotopic (exact) mass is 704 g/mol. The molecule has 1 aromatic heterocycles. The van der Waals surface area contributed by atoms with E-state index in [1.54, 1.807) is 0 Å². The van der Waals surface area contributed by atoms with E-state index in [1.807, 2.05) is 0 Å². The van der Waals surface area contributed by atoms with Crippen LogP contribution in [0.2, 0.25) is 0 Å². The number of hydrogen-bond acceptors (Lipinski definition) is 3. The molecule has 0 spiro atoms. The van der Waals surface area contributed by atoms with Gasteiger partial charge in [-0.05, 0) is 61.8 Å². The number of rotatable bonds is 5. The Hall–Kier alpha value is -7.01. The molecule has 2 unspecified atom stereocenters. The topological polar surface area (TPSA) is 41.4 Å². The van der Waals surface area contributed by atoms with Gasteiger partial charge in [0, 0.05) is 33.0 Å². The molecule has 4 nitrogen and oxygen atoms in total. The van der Waals surface area contributed by atoms with Gasteiger partial charge in [0.15, 0.2) is 0 Å². The maximum atomic E-state index is 5.49. The summed E-state index contributed by atoms with van der Waals surface area (Å²) in [4.78, 5) is 5.49. The van der Waals surface area contributed by atoms with Gasteiger partial charge in [-0.25, -0.2) is 4.99 Å². The number of aromatic nitrogens is 1. The minimum atomic E-state index is -0.338. The summed E-state index contributed by atoms with van der Waals surface area (Å²) in [7, 11) is 0. The Morgan fingerprint density at radius 1 is 0.436 bits per heavy atom. The normalized spacial score (nSPS) is 15.8. The molecule has 10 aromatic rings. The number of aliphatic imine (C=N–C) groups is 1. The number of hydrogen-bond donors (Lipinski definition) is 2. The van der Waals surface area contributed by atoms with Gasteiger partial charge in [0.1, 0.15) is 18.2 Å². The number of amidine groups is 1. The van der Waals surface area contributed by atoms with Gasteiger partial charge < -0.3 is 9.88 Å². The fourth-order valence-corrected chi connectivity index (χ4v) is 8.81. The number of nitrogens with zero attached hydrogens (tertiary/aromatic N) is 2. The summed E-state index contributed by atoms with van der Waals surface area (Å²) in [6.07, 6.45) is -0.487. The van der Waals surface area contributed by atoms with Crippen molar-refractivity contribution < 1.29 is 0 Å². The lowest BCUT2D eigenvalue weighted by Crippen LogP contribution is -2.45. The highest BCUT2D eigenvalue weighted by Crippen LogP contribution is 2.44. The summed E-state index contributed by atoms with van der Waals surface area (Å²) in [5.41, 5.74) is 9.29. The summed E-state index contributed by atoms with van der Waals surface area (Å²) in [5.74, 6) is 0.871. The van der Waals surface area contributed by atoms with Crippen molar-refractivity contribution >= 4 is 60.0 Å². The van der Waals surface area contributed by atoms with Crippen LogP contribution >= 0.6 is 0 Å². The number of benzene rings is 9. The van der Waals surface area contributed by atoms with Crippen molar-refractivity contribution in [3.05, 3.63) is 211 Å². The van der Waals surface area contributed by atoms with Gasteiger partial charge in [0.05, 0.1) is 11.0 Å². The van der Waals surface area contributed by atoms with Crippen LogP contribution in [-0.2, 0) is 0 Å². The molecule has 11 rings (SSSR count). The van der Waals surface area contributed by atoms with E-state index >= 15 is 0 Å². The second-order valence-electron chi connectivity index (χ2n) is 14.4. The maximum absolute atomic E-state index is 5.49. The summed E-state index contributed by atoms with van der Waals surface area (Å²) in [6, 6.07) is 69.9. The van der Waals surface area contributed by atoms with Crippen molar-refractivity contribution in [1.82, 2.24) is 15.2 Å². The van der Waals surface area contributed by atoms with Crippen LogP contribution in [0.5, 0.6) is 0 Å². The first-order valence-electron chi connectivity index (χ1n) is 19.0. The molecule has 0 fully saturated rings. The van der Waals surface area contributed by atoms with E-state index in [4.69, 9.17) is 4.99 Å². The largest absolute Gasteiger partial charge is 0.350 e. The molecule has 9 aromatic carbocycles. The van der Waals surface area contributed by atoms with Crippen LogP contribution < -0.4 is 10.6 Å². The van der Waals surface area contributed by atoms with E-state index in [2.05, 4.69) is 209 Å². The Balaban J connectivity index is 1.15. The minimum Gasteiger partial charge on any atom is -0.350 e. The van der Waals surface area contributed by atoms with Crippen LogP contribution in [0.15, 0.2) is 199 Å². The summed E-state index contributed by atoms with van der Waals surface area (Å²) < 4.78 is 2.44. The molecular formula is C51H36N4. The van der Waals surface area contributed by atoms with Crippen LogP contribution in [0.3, 0.4) is 0 Å². The average Bonchev–Trinajstić information content (AvgIpc) is 3.61. The molecule has 260 valence electrons. The Morgan fingerprint density at radius 3 is 1.80 bits per heavy atom. The standard InChI is InChI=1S/C51H36N4/c1-3-16-35(17-4-1)49-52-50(36-18-5-2-6-19-36)54-51(53-49)47-43-25-12-10-22-40(43)39-21-9-11-24-42(39)46(47)34-27-30-37(31-28-34)55-45-26-14-13-23-41(45)44-32-29-33-15-7-8-20-38(33)48(44)55/h1-32,49,51,53H,(H,52,54). The maximum Gasteiger partial charge on any atom is 0.131 e. The van der Waals surface area contributed by atoms with Crippen molar-refractivity contribution in [2.75, 3.05) is 0 Å². The molecule has 1 aliphatic rings.